The SMILES string of the molecule is CN(C)CCCOC1CCC[SiH2]O1. The van der Waals surface area contributed by atoms with Gasteiger partial charge in [-0.3, -0.25) is 0 Å². The molecule has 0 aromatic heterocycles. The first-order valence-corrected chi connectivity index (χ1v) is 6.75. The van der Waals surface area contributed by atoms with E-state index >= 15 is 0 Å². The van der Waals surface area contributed by atoms with Gasteiger partial charge in [0.25, 0.3) is 0 Å². The lowest BCUT2D eigenvalue weighted by molar-refractivity contribution is -0.0917. The van der Waals surface area contributed by atoms with Crippen LogP contribution in [0.2, 0.25) is 6.04 Å². The van der Waals surface area contributed by atoms with Crippen LogP contribution in [0.5, 0.6) is 0 Å². The van der Waals surface area contributed by atoms with Crippen molar-refractivity contribution in [3.63, 3.8) is 0 Å². The maximum atomic E-state index is 5.62. The minimum absolute atomic E-state index is 0.141. The summed E-state index contributed by atoms with van der Waals surface area (Å²) < 4.78 is 11.2. The monoisotopic (exact) mass is 203 g/mol. The molecule has 0 saturated carbocycles. The number of hydrogen-bond acceptors (Lipinski definition) is 3. The summed E-state index contributed by atoms with van der Waals surface area (Å²) in [5.41, 5.74) is 0. The summed E-state index contributed by atoms with van der Waals surface area (Å²) >= 11 is 0. The first-order valence-electron chi connectivity index (χ1n) is 5.17. The third-order valence-electron chi connectivity index (χ3n) is 2.19. The Morgan fingerprint density at radius 2 is 2.38 bits per heavy atom. The predicted octanol–water partition coefficient (Wildman–Crippen LogP) is 0.593. The average Bonchev–Trinajstić information content (AvgIpc) is 2.14. The summed E-state index contributed by atoms with van der Waals surface area (Å²) in [5.74, 6) is 0. The standard InChI is InChI=1S/C9H21NO2Si/c1-10(2)6-4-7-11-9-5-3-8-13-12-9/h9H,3-8,13H2,1-2H3. The Bertz CT molecular complexity index is 127. The summed E-state index contributed by atoms with van der Waals surface area (Å²) in [6, 6.07) is 1.33. The average molecular weight is 203 g/mol. The molecule has 13 heavy (non-hydrogen) atoms. The molecule has 0 aromatic rings. The van der Waals surface area contributed by atoms with Crippen molar-refractivity contribution in [2.75, 3.05) is 27.2 Å². The lowest BCUT2D eigenvalue weighted by atomic mass is 10.3. The van der Waals surface area contributed by atoms with Crippen LogP contribution in [0.3, 0.4) is 0 Å². The summed E-state index contributed by atoms with van der Waals surface area (Å²) in [6.45, 7) is 1.95. The van der Waals surface area contributed by atoms with Crippen LogP contribution in [-0.4, -0.2) is 48.2 Å². The highest BCUT2D eigenvalue weighted by atomic mass is 28.2. The van der Waals surface area contributed by atoms with E-state index in [9.17, 15) is 0 Å². The van der Waals surface area contributed by atoms with E-state index in [-0.39, 0.29) is 16.1 Å². The normalized spacial score (nSPS) is 25.6. The van der Waals surface area contributed by atoms with Crippen LogP contribution in [0, 0.1) is 0 Å². The van der Waals surface area contributed by atoms with Crippen LogP contribution in [0.15, 0.2) is 0 Å². The van der Waals surface area contributed by atoms with Crippen molar-refractivity contribution in [3.8, 4) is 0 Å². The van der Waals surface area contributed by atoms with Gasteiger partial charge in [0.15, 0.2) is 9.76 Å². The van der Waals surface area contributed by atoms with Crippen LogP contribution in [-0.2, 0) is 9.16 Å². The molecule has 0 aliphatic carbocycles. The Labute approximate surface area is 83.3 Å². The first kappa shape index (κ1) is 11.2. The third-order valence-corrected chi connectivity index (χ3v) is 3.59. The zero-order valence-electron chi connectivity index (χ0n) is 8.79. The fraction of sp³-hybridized carbons (Fsp3) is 1.00. The quantitative estimate of drug-likeness (QED) is 0.482. The summed E-state index contributed by atoms with van der Waals surface area (Å²) in [4.78, 5) is 2.18. The van der Waals surface area contributed by atoms with Gasteiger partial charge >= 0.3 is 0 Å². The van der Waals surface area contributed by atoms with Crippen LogP contribution >= 0.6 is 0 Å². The van der Waals surface area contributed by atoms with Crippen LogP contribution < -0.4 is 0 Å². The zero-order chi connectivity index (χ0) is 9.52. The number of nitrogens with zero attached hydrogens (tertiary/aromatic N) is 1. The lowest BCUT2D eigenvalue weighted by Crippen LogP contribution is -2.25. The molecule has 0 amide bonds. The fourth-order valence-corrected chi connectivity index (χ4v) is 2.62. The molecule has 78 valence electrons. The zero-order valence-corrected chi connectivity index (χ0v) is 10.2. The van der Waals surface area contributed by atoms with Crippen molar-refractivity contribution in [1.29, 1.82) is 0 Å². The predicted molar refractivity (Wildman–Crippen MR) is 56.6 cm³/mol. The number of rotatable bonds is 5. The van der Waals surface area contributed by atoms with Crippen molar-refractivity contribution in [2.45, 2.75) is 31.6 Å². The fourth-order valence-electron chi connectivity index (χ4n) is 1.44. The second kappa shape index (κ2) is 6.54. The lowest BCUT2D eigenvalue weighted by Gasteiger charge is -2.23. The second-order valence-electron chi connectivity index (χ2n) is 3.82. The van der Waals surface area contributed by atoms with Gasteiger partial charge in [0.1, 0.15) is 6.29 Å². The van der Waals surface area contributed by atoms with Gasteiger partial charge in [-0.2, -0.15) is 0 Å². The molecular weight excluding hydrogens is 182 g/mol. The molecule has 0 spiro atoms. The largest absolute Gasteiger partial charge is 0.400 e. The first-order chi connectivity index (χ1) is 6.29. The number of ether oxygens (including phenoxy) is 1. The Kier molecular flexibility index (Phi) is 5.62. The molecule has 3 nitrogen and oxygen atoms in total. The molecule has 0 aromatic carbocycles. The molecule has 0 radical (unpaired) electrons. The highest BCUT2D eigenvalue weighted by Crippen LogP contribution is 2.12. The van der Waals surface area contributed by atoms with Gasteiger partial charge in [0.2, 0.25) is 0 Å². The Balaban J connectivity index is 1.92. The Morgan fingerprint density at radius 1 is 1.54 bits per heavy atom. The Hall–Kier alpha value is 0.0969. The molecule has 1 saturated heterocycles. The van der Waals surface area contributed by atoms with Gasteiger partial charge in [-0.05, 0) is 45.9 Å². The minimum atomic E-state index is -0.224. The van der Waals surface area contributed by atoms with Crippen molar-refractivity contribution in [1.82, 2.24) is 4.90 Å². The second-order valence-corrected chi connectivity index (χ2v) is 5.27. The molecule has 1 unspecified atom stereocenters. The van der Waals surface area contributed by atoms with Gasteiger partial charge in [0, 0.05) is 0 Å². The molecule has 0 N–H and O–H groups in total. The molecule has 1 heterocycles. The van der Waals surface area contributed by atoms with Gasteiger partial charge in [-0.15, -0.1) is 0 Å². The molecule has 4 heteroatoms. The van der Waals surface area contributed by atoms with E-state index in [0.717, 1.165) is 26.0 Å². The van der Waals surface area contributed by atoms with Crippen LogP contribution in [0.25, 0.3) is 0 Å². The highest BCUT2D eigenvalue weighted by molar-refractivity contribution is 6.27. The van der Waals surface area contributed by atoms with Crippen molar-refractivity contribution in [3.05, 3.63) is 0 Å². The molecule has 1 aliphatic rings. The van der Waals surface area contributed by atoms with Crippen molar-refractivity contribution in [2.24, 2.45) is 0 Å². The van der Waals surface area contributed by atoms with Crippen molar-refractivity contribution < 1.29 is 9.16 Å². The van der Waals surface area contributed by atoms with Gasteiger partial charge in [-0.1, -0.05) is 0 Å². The van der Waals surface area contributed by atoms with E-state index in [0.29, 0.717) is 0 Å². The van der Waals surface area contributed by atoms with Crippen molar-refractivity contribution >= 4 is 9.76 Å². The summed E-state index contributed by atoms with van der Waals surface area (Å²) in [5, 5.41) is 0. The van der Waals surface area contributed by atoms with E-state index in [1.165, 1.54) is 12.5 Å². The summed E-state index contributed by atoms with van der Waals surface area (Å²) in [6.07, 6.45) is 3.66. The number of hydrogen-bond donors (Lipinski definition) is 0. The summed E-state index contributed by atoms with van der Waals surface area (Å²) in [7, 11) is 3.95. The van der Waals surface area contributed by atoms with E-state index in [4.69, 9.17) is 9.16 Å². The van der Waals surface area contributed by atoms with Gasteiger partial charge < -0.3 is 14.1 Å². The topological polar surface area (TPSA) is 21.7 Å². The Morgan fingerprint density at radius 3 is 3.00 bits per heavy atom. The molecule has 1 rings (SSSR count). The highest BCUT2D eigenvalue weighted by Gasteiger charge is 2.13. The maximum Gasteiger partial charge on any atom is 0.165 e. The molecular formula is C9H21NO2Si. The van der Waals surface area contributed by atoms with Gasteiger partial charge in [-0.25, -0.2) is 0 Å². The molecule has 1 atom stereocenters. The van der Waals surface area contributed by atoms with Crippen LogP contribution in [0.4, 0.5) is 0 Å². The van der Waals surface area contributed by atoms with E-state index in [1.54, 1.807) is 0 Å². The van der Waals surface area contributed by atoms with Crippen LogP contribution in [0.1, 0.15) is 19.3 Å². The molecule has 0 bridgehead atoms. The van der Waals surface area contributed by atoms with E-state index in [2.05, 4.69) is 19.0 Å². The molecule has 1 aliphatic heterocycles. The van der Waals surface area contributed by atoms with Gasteiger partial charge in [0.05, 0.1) is 6.61 Å². The maximum absolute atomic E-state index is 5.62. The minimum Gasteiger partial charge on any atom is -0.400 e. The van der Waals surface area contributed by atoms with E-state index in [1.807, 2.05) is 0 Å². The molecule has 1 fully saturated rings. The smallest absolute Gasteiger partial charge is 0.165 e. The van der Waals surface area contributed by atoms with E-state index < -0.39 is 0 Å². The third kappa shape index (κ3) is 5.41.